The van der Waals surface area contributed by atoms with Gasteiger partial charge in [0.25, 0.3) is 0 Å². The second-order valence-electron chi connectivity index (χ2n) is 4.62. The average Bonchev–Trinajstić information content (AvgIpc) is 2.16. The first-order chi connectivity index (χ1) is 7.27. The highest BCUT2D eigenvalue weighted by Crippen LogP contribution is 2.54. The Hall–Kier alpha value is 0.110. The van der Waals surface area contributed by atoms with E-state index in [1.807, 2.05) is 13.8 Å². The maximum atomic E-state index is 11.3. The first-order valence-electron chi connectivity index (χ1n) is 6.05. The zero-order valence-corrected chi connectivity index (χ0v) is 11.4. The number of hydrogen-bond donors (Lipinski definition) is 3. The largest absolute Gasteiger partial charge is 0.377 e. The molecule has 1 atom stereocenters. The molecular formula is C11H25O4P. The fourth-order valence-corrected chi connectivity index (χ4v) is 2.56. The number of unbranched alkanes of at least 4 members (excludes halogenated alkanes) is 2. The van der Waals surface area contributed by atoms with E-state index in [0.29, 0.717) is 12.8 Å². The second-order valence-corrected chi connectivity index (χ2v) is 6.61. The standard InChI is InChI=1S/C11H25O4P/c1-4-6-8-10(9-7-5-2)11(3,12)16(13,14)15/h10,12H,4-9H2,1-3H3,(H2,13,14,15). The van der Waals surface area contributed by atoms with Crippen LogP contribution in [-0.4, -0.2) is 20.2 Å². The minimum atomic E-state index is -4.45. The van der Waals surface area contributed by atoms with Crippen molar-refractivity contribution in [3.63, 3.8) is 0 Å². The summed E-state index contributed by atoms with van der Waals surface area (Å²) in [5.41, 5.74) is 0. The van der Waals surface area contributed by atoms with Crippen molar-refractivity contribution in [1.82, 2.24) is 0 Å². The van der Waals surface area contributed by atoms with E-state index in [-0.39, 0.29) is 5.92 Å². The van der Waals surface area contributed by atoms with Gasteiger partial charge in [0.1, 0.15) is 0 Å². The van der Waals surface area contributed by atoms with Crippen LogP contribution in [0, 0.1) is 5.92 Å². The molecule has 0 aliphatic heterocycles. The number of hydrogen-bond acceptors (Lipinski definition) is 2. The van der Waals surface area contributed by atoms with Gasteiger partial charge in [0.05, 0.1) is 0 Å². The third-order valence-corrected chi connectivity index (χ3v) is 4.72. The molecule has 0 radical (unpaired) electrons. The predicted octanol–water partition coefficient (Wildman–Crippen LogP) is 2.87. The lowest BCUT2D eigenvalue weighted by Crippen LogP contribution is -2.34. The van der Waals surface area contributed by atoms with Crippen LogP contribution < -0.4 is 0 Å². The Morgan fingerprint density at radius 1 is 1.12 bits per heavy atom. The van der Waals surface area contributed by atoms with Crippen LogP contribution in [0.2, 0.25) is 0 Å². The summed E-state index contributed by atoms with van der Waals surface area (Å²) in [5, 5.41) is 8.12. The zero-order valence-electron chi connectivity index (χ0n) is 10.5. The maximum absolute atomic E-state index is 11.3. The molecule has 3 N–H and O–H groups in total. The van der Waals surface area contributed by atoms with E-state index in [1.54, 1.807) is 0 Å². The van der Waals surface area contributed by atoms with Crippen LogP contribution in [0.3, 0.4) is 0 Å². The summed E-state index contributed by atoms with van der Waals surface area (Å²) >= 11 is 0. The van der Waals surface area contributed by atoms with Crippen LogP contribution in [0.15, 0.2) is 0 Å². The predicted molar refractivity (Wildman–Crippen MR) is 65.2 cm³/mol. The van der Waals surface area contributed by atoms with Crippen molar-refractivity contribution in [2.45, 2.75) is 64.6 Å². The summed E-state index contributed by atoms with van der Waals surface area (Å²) in [4.78, 5) is 18.4. The molecular weight excluding hydrogens is 227 g/mol. The van der Waals surface area contributed by atoms with Crippen molar-refractivity contribution in [2.75, 3.05) is 0 Å². The van der Waals surface area contributed by atoms with Gasteiger partial charge in [-0.1, -0.05) is 39.5 Å². The van der Waals surface area contributed by atoms with E-state index in [1.165, 1.54) is 6.92 Å². The van der Waals surface area contributed by atoms with Gasteiger partial charge in [-0.2, -0.15) is 0 Å². The summed E-state index contributed by atoms with van der Waals surface area (Å²) in [5.74, 6) is -0.312. The lowest BCUT2D eigenvalue weighted by atomic mass is 9.91. The lowest BCUT2D eigenvalue weighted by molar-refractivity contribution is 0.0404. The van der Waals surface area contributed by atoms with Gasteiger partial charge in [0.15, 0.2) is 5.34 Å². The van der Waals surface area contributed by atoms with Gasteiger partial charge in [-0.05, 0) is 25.7 Å². The molecule has 0 fully saturated rings. The molecule has 98 valence electrons. The summed E-state index contributed by atoms with van der Waals surface area (Å²) in [6, 6.07) is 0. The molecule has 0 bridgehead atoms. The van der Waals surface area contributed by atoms with E-state index < -0.39 is 12.9 Å². The third kappa shape index (κ3) is 4.54. The molecule has 0 heterocycles. The van der Waals surface area contributed by atoms with Crippen molar-refractivity contribution in [3.8, 4) is 0 Å². The van der Waals surface area contributed by atoms with E-state index in [9.17, 15) is 19.5 Å². The van der Waals surface area contributed by atoms with Gasteiger partial charge in [-0.25, -0.2) is 0 Å². The Morgan fingerprint density at radius 3 is 1.75 bits per heavy atom. The fraction of sp³-hybridized carbons (Fsp3) is 1.00. The highest BCUT2D eigenvalue weighted by molar-refractivity contribution is 7.53. The van der Waals surface area contributed by atoms with Gasteiger partial charge in [0, 0.05) is 0 Å². The monoisotopic (exact) mass is 252 g/mol. The van der Waals surface area contributed by atoms with E-state index in [2.05, 4.69) is 0 Å². The molecule has 0 rings (SSSR count). The summed E-state index contributed by atoms with van der Waals surface area (Å²) in [6.45, 7) is 5.33. The molecule has 5 heteroatoms. The topological polar surface area (TPSA) is 77.8 Å². The molecule has 0 aromatic heterocycles. The van der Waals surface area contributed by atoms with Crippen molar-refractivity contribution >= 4 is 7.60 Å². The Balaban J connectivity index is 4.65. The molecule has 4 nitrogen and oxygen atoms in total. The first kappa shape index (κ1) is 16.1. The van der Waals surface area contributed by atoms with Crippen LogP contribution >= 0.6 is 7.60 Å². The van der Waals surface area contributed by atoms with Crippen molar-refractivity contribution < 1.29 is 19.5 Å². The van der Waals surface area contributed by atoms with Crippen molar-refractivity contribution in [2.24, 2.45) is 5.92 Å². The SMILES string of the molecule is CCCCC(CCCC)C(C)(O)P(=O)(O)O. The van der Waals surface area contributed by atoms with E-state index in [4.69, 9.17) is 0 Å². The molecule has 0 aromatic rings. The number of rotatable bonds is 8. The first-order valence-corrected chi connectivity index (χ1v) is 7.66. The minimum absolute atomic E-state index is 0.312. The smallest absolute Gasteiger partial charge is 0.356 e. The van der Waals surface area contributed by atoms with Crippen LogP contribution in [0.25, 0.3) is 0 Å². The molecule has 0 aromatic carbocycles. The molecule has 0 aliphatic carbocycles. The molecule has 1 unspecified atom stereocenters. The van der Waals surface area contributed by atoms with Crippen LogP contribution in [0.5, 0.6) is 0 Å². The second kappa shape index (κ2) is 6.75. The summed E-state index contributed by atoms with van der Waals surface area (Å²) < 4.78 is 11.3. The summed E-state index contributed by atoms with van der Waals surface area (Å²) in [7, 11) is -4.45. The quantitative estimate of drug-likeness (QED) is 0.580. The van der Waals surface area contributed by atoms with Gasteiger partial charge < -0.3 is 14.9 Å². The van der Waals surface area contributed by atoms with Crippen molar-refractivity contribution in [3.05, 3.63) is 0 Å². The van der Waals surface area contributed by atoms with Crippen molar-refractivity contribution in [1.29, 1.82) is 0 Å². The molecule has 0 saturated carbocycles. The number of aliphatic hydroxyl groups is 1. The Bertz CT molecular complexity index is 226. The van der Waals surface area contributed by atoms with Gasteiger partial charge in [-0.15, -0.1) is 0 Å². The Kier molecular flexibility index (Phi) is 6.80. The Labute approximate surface area is 98.2 Å². The third-order valence-electron chi connectivity index (χ3n) is 3.18. The zero-order chi connectivity index (χ0) is 12.8. The minimum Gasteiger partial charge on any atom is -0.377 e. The molecule has 0 spiro atoms. The van der Waals surface area contributed by atoms with E-state index in [0.717, 1.165) is 25.7 Å². The van der Waals surface area contributed by atoms with Gasteiger partial charge >= 0.3 is 7.60 Å². The molecule has 0 amide bonds. The van der Waals surface area contributed by atoms with Crippen LogP contribution in [-0.2, 0) is 4.57 Å². The molecule has 0 saturated heterocycles. The normalized spacial score (nSPS) is 16.4. The summed E-state index contributed by atoms with van der Waals surface area (Å²) in [6.07, 6.45) is 5.08. The highest BCUT2D eigenvalue weighted by Gasteiger charge is 2.46. The van der Waals surface area contributed by atoms with Gasteiger partial charge in [-0.3, -0.25) is 4.57 Å². The molecule has 0 aliphatic rings. The highest BCUT2D eigenvalue weighted by atomic mass is 31.2. The lowest BCUT2D eigenvalue weighted by Gasteiger charge is -2.33. The maximum Gasteiger partial charge on any atom is 0.356 e. The van der Waals surface area contributed by atoms with E-state index >= 15 is 0 Å². The van der Waals surface area contributed by atoms with Gasteiger partial charge in [0.2, 0.25) is 0 Å². The molecule has 16 heavy (non-hydrogen) atoms. The van der Waals surface area contributed by atoms with Crippen LogP contribution in [0.4, 0.5) is 0 Å². The van der Waals surface area contributed by atoms with Crippen LogP contribution in [0.1, 0.15) is 59.3 Å². The Morgan fingerprint density at radius 2 is 1.50 bits per heavy atom. The average molecular weight is 252 g/mol. The fourth-order valence-electron chi connectivity index (χ4n) is 1.83.